The number of ether oxygens (including phenoxy) is 2. The molecule has 1 aliphatic rings. The third-order valence-corrected chi connectivity index (χ3v) is 3.57. The molecule has 22 heavy (non-hydrogen) atoms. The molecule has 0 bridgehead atoms. The number of rotatable bonds is 3. The summed E-state index contributed by atoms with van der Waals surface area (Å²) < 4.78 is 10.7. The molecule has 1 aliphatic heterocycles. The minimum atomic E-state index is -0.123. The van der Waals surface area contributed by atoms with Crippen molar-refractivity contribution >= 4 is 5.78 Å². The highest BCUT2D eigenvalue weighted by Gasteiger charge is 2.15. The summed E-state index contributed by atoms with van der Waals surface area (Å²) in [5.74, 6) is 1.72. The number of aromatic nitrogens is 2. The molecule has 1 N–H and O–H groups in total. The number of hydrogen-bond acceptors (Lipinski definition) is 4. The van der Waals surface area contributed by atoms with Gasteiger partial charge in [-0.1, -0.05) is 30.3 Å². The van der Waals surface area contributed by atoms with Crippen LogP contribution in [0.5, 0.6) is 11.5 Å². The third-order valence-electron chi connectivity index (χ3n) is 3.57. The van der Waals surface area contributed by atoms with E-state index in [1.165, 1.54) is 0 Å². The summed E-state index contributed by atoms with van der Waals surface area (Å²) in [6, 6.07) is 13.2. The fraction of sp³-hybridized carbons (Fsp3) is 0.0588. The van der Waals surface area contributed by atoms with Crippen molar-refractivity contribution < 1.29 is 14.3 Å². The van der Waals surface area contributed by atoms with Crippen molar-refractivity contribution in [3.63, 3.8) is 0 Å². The van der Waals surface area contributed by atoms with E-state index >= 15 is 0 Å². The molecule has 5 nitrogen and oxygen atoms in total. The summed E-state index contributed by atoms with van der Waals surface area (Å²) >= 11 is 0. The first kappa shape index (κ1) is 12.6. The van der Waals surface area contributed by atoms with Crippen molar-refractivity contribution in [3.8, 4) is 22.6 Å². The monoisotopic (exact) mass is 292 g/mol. The van der Waals surface area contributed by atoms with Crippen LogP contribution in [0.3, 0.4) is 0 Å². The first-order valence-electron chi connectivity index (χ1n) is 6.85. The van der Waals surface area contributed by atoms with Gasteiger partial charge >= 0.3 is 0 Å². The molecule has 108 valence electrons. The maximum absolute atomic E-state index is 12.2. The number of H-pyrrole nitrogens is 1. The van der Waals surface area contributed by atoms with Crippen LogP contribution in [0.1, 0.15) is 16.2 Å². The van der Waals surface area contributed by atoms with Crippen LogP contribution in [0.2, 0.25) is 0 Å². The molecule has 0 saturated heterocycles. The Balaban J connectivity index is 1.63. The second-order valence-electron chi connectivity index (χ2n) is 4.91. The number of benzene rings is 2. The van der Waals surface area contributed by atoms with Crippen LogP contribution in [0.4, 0.5) is 0 Å². The number of nitrogens with one attached hydrogen (secondary N) is 1. The predicted octanol–water partition coefficient (Wildman–Crippen LogP) is 3.04. The van der Waals surface area contributed by atoms with Crippen LogP contribution in [0.15, 0.2) is 54.9 Å². The van der Waals surface area contributed by atoms with Gasteiger partial charge in [0.1, 0.15) is 0 Å². The molecule has 0 atom stereocenters. The second-order valence-corrected chi connectivity index (χ2v) is 4.91. The molecule has 0 unspecified atom stereocenters. The lowest BCUT2D eigenvalue weighted by atomic mass is 10.0. The lowest BCUT2D eigenvalue weighted by Gasteiger charge is -2.04. The van der Waals surface area contributed by atoms with E-state index < -0.39 is 0 Å². The van der Waals surface area contributed by atoms with E-state index in [1.807, 2.05) is 30.3 Å². The predicted molar refractivity (Wildman–Crippen MR) is 80.0 cm³/mol. The second kappa shape index (κ2) is 5.04. The number of hydrogen-bond donors (Lipinski definition) is 1. The molecule has 4 rings (SSSR count). The van der Waals surface area contributed by atoms with Gasteiger partial charge in [0, 0.05) is 18.0 Å². The summed E-state index contributed by atoms with van der Waals surface area (Å²) in [5, 5.41) is 0. The third kappa shape index (κ3) is 2.13. The number of carbonyl (C=O) groups is 1. The minimum absolute atomic E-state index is 0.123. The van der Waals surface area contributed by atoms with E-state index in [-0.39, 0.29) is 12.6 Å². The zero-order valence-electron chi connectivity index (χ0n) is 11.6. The average molecular weight is 292 g/mol. The van der Waals surface area contributed by atoms with Crippen molar-refractivity contribution in [1.82, 2.24) is 9.97 Å². The van der Waals surface area contributed by atoms with E-state index in [9.17, 15) is 4.79 Å². The van der Waals surface area contributed by atoms with Crippen LogP contribution in [-0.2, 0) is 0 Å². The number of carbonyl (C=O) groups excluding carboxylic acids is 1. The maximum Gasteiger partial charge on any atom is 0.231 e. The Kier molecular flexibility index (Phi) is 2.89. The van der Waals surface area contributed by atoms with Crippen LogP contribution in [-0.4, -0.2) is 22.5 Å². The van der Waals surface area contributed by atoms with Gasteiger partial charge in [0.05, 0.1) is 0 Å². The van der Waals surface area contributed by atoms with Crippen molar-refractivity contribution in [2.75, 3.05) is 6.79 Å². The molecule has 2 aromatic carbocycles. The summed E-state index contributed by atoms with van der Waals surface area (Å²) in [6.07, 6.45) is 3.20. The summed E-state index contributed by atoms with van der Waals surface area (Å²) in [6.45, 7) is 0.259. The molecular formula is C17H12N2O3. The Hall–Kier alpha value is -3.08. The molecule has 0 saturated carbocycles. The first-order chi connectivity index (χ1) is 10.8. The Morgan fingerprint density at radius 2 is 1.77 bits per heavy atom. The zero-order chi connectivity index (χ0) is 14.9. The normalized spacial score (nSPS) is 12.4. The molecule has 1 aromatic heterocycles. The fourth-order valence-corrected chi connectivity index (χ4v) is 2.42. The molecular weight excluding hydrogens is 280 g/mol. The molecule has 0 fully saturated rings. The van der Waals surface area contributed by atoms with Crippen LogP contribution >= 0.6 is 0 Å². The lowest BCUT2D eigenvalue weighted by Crippen LogP contribution is -2.03. The van der Waals surface area contributed by atoms with Crippen LogP contribution < -0.4 is 9.47 Å². The van der Waals surface area contributed by atoms with Gasteiger partial charge in [-0.05, 0) is 23.3 Å². The van der Waals surface area contributed by atoms with Crippen molar-refractivity contribution in [2.24, 2.45) is 0 Å². The Morgan fingerprint density at radius 3 is 2.55 bits per heavy atom. The largest absolute Gasteiger partial charge is 0.454 e. The lowest BCUT2D eigenvalue weighted by molar-refractivity contribution is 0.103. The van der Waals surface area contributed by atoms with Gasteiger partial charge in [-0.3, -0.25) is 4.79 Å². The van der Waals surface area contributed by atoms with E-state index in [2.05, 4.69) is 9.97 Å². The standard InChI is InChI=1S/C17H12N2O3/c20-16(17-18-7-8-19-17)12-3-1-11(2-4-12)13-5-6-14-15(9-13)22-10-21-14/h1-9H,10H2,(H,18,19). The van der Waals surface area contributed by atoms with E-state index in [1.54, 1.807) is 24.5 Å². The topological polar surface area (TPSA) is 64.2 Å². The van der Waals surface area contributed by atoms with Gasteiger partial charge in [-0.2, -0.15) is 0 Å². The molecule has 0 amide bonds. The highest BCUT2D eigenvalue weighted by Crippen LogP contribution is 2.35. The number of imidazole rings is 1. The quantitative estimate of drug-likeness (QED) is 0.754. The van der Waals surface area contributed by atoms with E-state index in [0.29, 0.717) is 11.4 Å². The molecule has 3 aromatic rings. The molecule has 0 aliphatic carbocycles. The first-order valence-corrected chi connectivity index (χ1v) is 6.85. The Bertz CT molecular complexity index is 824. The Morgan fingerprint density at radius 1 is 1.00 bits per heavy atom. The smallest absolute Gasteiger partial charge is 0.231 e. The van der Waals surface area contributed by atoms with Gasteiger partial charge in [-0.15, -0.1) is 0 Å². The summed E-state index contributed by atoms with van der Waals surface area (Å²) in [5.41, 5.74) is 2.62. The van der Waals surface area contributed by atoms with Gasteiger partial charge in [0.25, 0.3) is 0 Å². The molecule has 0 radical (unpaired) electrons. The van der Waals surface area contributed by atoms with Gasteiger partial charge in [0.2, 0.25) is 12.6 Å². The van der Waals surface area contributed by atoms with Crippen LogP contribution in [0.25, 0.3) is 11.1 Å². The molecule has 5 heteroatoms. The van der Waals surface area contributed by atoms with Crippen molar-refractivity contribution in [1.29, 1.82) is 0 Å². The molecule has 0 spiro atoms. The Labute approximate surface area is 126 Å². The number of nitrogens with zero attached hydrogens (tertiary/aromatic N) is 1. The van der Waals surface area contributed by atoms with Crippen molar-refractivity contribution in [3.05, 3.63) is 66.2 Å². The summed E-state index contributed by atoms with van der Waals surface area (Å²) in [7, 11) is 0. The van der Waals surface area contributed by atoms with Gasteiger partial charge in [0.15, 0.2) is 17.3 Å². The van der Waals surface area contributed by atoms with Gasteiger partial charge < -0.3 is 14.5 Å². The average Bonchev–Trinajstić information content (AvgIpc) is 3.25. The highest BCUT2D eigenvalue weighted by molar-refractivity contribution is 6.06. The number of ketones is 1. The van der Waals surface area contributed by atoms with E-state index in [0.717, 1.165) is 22.6 Å². The maximum atomic E-state index is 12.2. The van der Waals surface area contributed by atoms with Crippen molar-refractivity contribution in [2.45, 2.75) is 0 Å². The zero-order valence-corrected chi connectivity index (χ0v) is 11.6. The highest BCUT2D eigenvalue weighted by atomic mass is 16.7. The number of fused-ring (bicyclic) bond motifs is 1. The van der Waals surface area contributed by atoms with Crippen LogP contribution in [0, 0.1) is 0 Å². The minimum Gasteiger partial charge on any atom is -0.454 e. The molecule has 2 heterocycles. The fourth-order valence-electron chi connectivity index (χ4n) is 2.42. The van der Waals surface area contributed by atoms with E-state index in [4.69, 9.17) is 9.47 Å². The summed E-state index contributed by atoms with van der Waals surface area (Å²) in [4.78, 5) is 19.0. The number of aromatic amines is 1. The van der Waals surface area contributed by atoms with Gasteiger partial charge in [-0.25, -0.2) is 4.98 Å². The SMILES string of the molecule is O=C(c1ccc(-c2ccc3c(c2)OCO3)cc1)c1ncc[nH]1.